The number of nitrogens with one attached hydrogen (secondary N) is 2. The number of hydrogen-bond acceptors (Lipinski definition) is 3. The highest BCUT2D eigenvalue weighted by molar-refractivity contribution is 6.07. The summed E-state index contributed by atoms with van der Waals surface area (Å²) in [6, 6.07) is 10.0. The van der Waals surface area contributed by atoms with Gasteiger partial charge in [-0.15, -0.1) is 0 Å². The predicted molar refractivity (Wildman–Crippen MR) is 61.6 cm³/mol. The largest absolute Gasteiger partial charge is 0.328 e. The normalized spacial score (nSPS) is 10.8. The van der Waals surface area contributed by atoms with E-state index in [9.17, 15) is 0 Å². The molecule has 0 fully saturated rings. The zero-order chi connectivity index (χ0) is 11.1. The van der Waals surface area contributed by atoms with Gasteiger partial charge in [0.25, 0.3) is 0 Å². The van der Waals surface area contributed by atoms with Gasteiger partial charge in [-0.05, 0) is 6.07 Å². The number of rotatable bonds is 1. The Labute approximate surface area is 91.3 Å². The van der Waals surface area contributed by atoms with E-state index < -0.39 is 0 Å². The van der Waals surface area contributed by atoms with E-state index in [2.05, 4.69) is 21.7 Å². The second kappa shape index (κ2) is 3.00. The lowest BCUT2D eigenvalue weighted by Gasteiger charge is -2.03. The molecule has 0 saturated heterocycles. The summed E-state index contributed by atoms with van der Waals surface area (Å²) in [5.74, 6) is 0. The lowest BCUT2D eigenvalue weighted by Crippen LogP contribution is -2.08. The molecule has 0 radical (unpaired) electrons. The summed E-state index contributed by atoms with van der Waals surface area (Å²) in [6.45, 7) is 0. The van der Waals surface area contributed by atoms with E-state index in [4.69, 9.17) is 5.26 Å². The Kier molecular flexibility index (Phi) is 1.65. The molecule has 2 aromatic heterocycles. The van der Waals surface area contributed by atoms with Crippen LogP contribution in [0.4, 0.5) is 0 Å². The molecular formula is C11H9N5. The minimum absolute atomic E-state index is 0.403. The predicted octanol–water partition coefficient (Wildman–Crippen LogP) is 1.56. The van der Waals surface area contributed by atoms with Crippen LogP contribution in [0.2, 0.25) is 0 Å². The second-order valence-corrected chi connectivity index (χ2v) is 3.48. The highest BCUT2D eigenvalue weighted by atomic mass is 15.4. The van der Waals surface area contributed by atoms with Gasteiger partial charge in [0.2, 0.25) is 0 Å². The Morgan fingerprint density at radius 2 is 2.25 bits per heavy atom. The van der Waals surface area contributed by atoms with Crippen molar-refractivity contribution in [3.05, 3.63) is 30.0 Å². The second-order valence-electron chi connectivity index (χ2n) is 3.48. The zero-order valence-corrected chi connectivity index (χ0v) is 8.65. The summed E-state index contributed by atoms with van der Waals surface area (Å²) in [6.07, 6.45) is 0. The van der Waals surface area contributed by atoms with Crippen molar-refractivity contribution in [3.8, 4) is 6.07 Å². The van der Waals surface area contributed by atoms with Gasteiger partial charge in [0, 0.05) is 12.4 Å². The van der Waals surface area contributed by atoms with E-state index in [1.165, 1.54) is 0 Å². The van der Waals surface area contributed by atoms with Gasteiger partial charge in [0.05, 0.1) is 11.0 Å². The molecular weight excluding hydrogens is 202 g/mol. The number of nitriles is 1. The van der Waals surface area contributed by atoms with Gasteiger partial charge < -0.3 is 5.43 Å². The maximum absolute atomic E-state index is 9.00. The number of benzene rings is 1. The molecule has 2 heterocycles. The molecule has 3 rings (SSSR count). The van der Waals surface area contributed by atoms with E-state index in [0.717, 1.165) is 21.9 Å². The fourth-order valence-electron chi connectivity index (χ4n) is 2.05. The lowest BCUT2D eigenvalue weighted by molar-refractivity contribution is 1.01. The van der Waals surface area contributed by atoms with Crippen LogP contribution >= 0.6 is 0 Å². The van der Waals surface area contributed by atoms with Crippen molar-refractivity contribution in [2.45, 2.75) is 0 Å². The van der Waals surface area contributed by atoms with E-state index >= 15 is 0 Å². The van der Waals surface area contributed by atoms with Crippen molar-refractivity contribution < 1.29 is 0 Å². The van der Waals surface area contributed by atoms with Crippen molar-refractivity contribution in [1.29, 1.82) is 5.26 Å². The topological polar surface area (TPSA) is 69.4 Å². The molecule has 78 valence electrons. The molecule has 0 saturated carbocycles. The van der Waals surface area contributed by atoms with E-state index in [1.54, 1.807) is 0 Å². The van der Waals surface area contributed by atoms with E-state index in [1.807, 2.05) is 36.0 Å². The molecule has 0 unspecified atom stereocenters. The molecule has 0 spiro atoms. The molecule has 5 nitrogen and oxygen atoms in total. The van der Waals surface area contributed by atoms with Crippen LogP contribution in [-0.4, -0.2) is 21.9 Å². The SMILES string of the molecule is CNn1c2ccccc2c2[nH]nc(C#N)c21. The summed E-state index contributed by atoms with van der Waals surface area (Å²) >= 11 is 0. The summed E-state index contributed by atoms with van der Waals surface area (Å²) in [5, 5.41) is 16.9. The van der Waals surface area contributed by atoms with Gasteiger partial charge in [0.15, 0.2) is 5.69 Å². The zero-order valence-electron chi connectivity index (χ0n) is 8.65. The molecule has 0 aliphatic heterocycles. The standard InChI is InChI=1S/C11H9N5/c1-13-16-9-5-3-2-4-7(9)10-11(16)8(6-12)14-15-10/h2-5,13H,1H3,(H,14,15). The van der Waals surface area contributed by atoms with Crippen molar-refractivity contribution in [2.75, 3.05) is 12.5 Å². The van der Waals surface area contributed by atoms with Crippen LogP contribution in [0.25, 0.3) is 21.9 Å². The third-order valence-electron chi connectivity index (χ3n) is 2.71. The Hall–Kier alpha value is -2.48. The Bertz CT molecular complexity index is 713. The molecule has 3 aromatic rings. The fourth-order valence-corrected chi connectivity index (χ4v) is 2.05. The van der Waals surface area contributed by atoms with Crippen molar-refractivity contribution in [2.24, 2.45) is 0 Å². The Morgan fingerprint density at radius 1 is 1.44 bits per heavy atom. The minimum atomic E-state index is 0.403. The molecule has 2 N–H and O–H groups in total. The van der Waals surface area contributed by atoms with Crippen LogP contribution < -0.4 is 5.43 Å². The van der Waals surface area contributed by atoms with E-state index in [-0.39, 0.29) is 0 Å². The summed E-state index contributed by atoms with van der Waals surface area (Å²) in [7, 11) is 1.82. The number of aromatic nitrogens is 3. The third-order valence-corrected chi connectivity index (χ3v) is 2.71. The molecule has 0 atom stereocenters. The average molecular weight is 211 g/mol. The summed E-state index contributed by atoms with van der Waals surface area (Å²) in [4.78, 5) is 0. The Balaban J connectivity index is 2.61. The van der Waals surface area contributed by atoms with Crippen molar-refractivity contribution in [1.82, 2.24) is 14.9 Å². The van der Waals surface area contributed by atoms with Crippen LogP contribution in [-0.2, 0) is 0 Å². The first kappa shape index (κ1) is 8.80. The lowest BCUT2D eigenvalue weighted by atomic mass is 10.2. The van der Waals surface area contributed by atoms with Crippen LogP contribution in [0, 0.1) is 11.3 Å². The molecule has 16 heavy (non-hydrogen) atoms. The van der Waals surface area contributed by atoms with Gasteiger partial charge in [-0.25, -0.2) is 0 Å². The van der Waals surface area contributed by atoms with Gasteiger partial charge in [-0.1, -0.05) is 18.2 Å². The number of aromatic amines is 1. The first-order valence-electron chi connectivity index (χ1n) is 4.92. The number of nitrogens with zero attached hydrogens (tertiary/aromatic N) is 3. The monoisotopic (exact) mass is 211 g/mol. The minimum Gasteiger partial charge on any atom is -0.328 e. The highest BCUT2D eigenvalue weighted by Crippen LogP contribution is 2.27. The smallest absolute Gasteiger partial charge is 0.188 e. The van der Waals surface area contributed by atoms with Gasteiger partial charge in [0.1, 0.15) is 11.6 Å². The van der Waals surface area contributed by atoms with E-state index in [0.29, 0.717) is 5.69 Å². The summed E-state index contributed by atoms with van der Waals surface area (Å²) < 4.78 is 1.87. The average Bonchev–Trinajstić information content (AvgIpc) is 2.86. The van der Waals surface area contributed by atoms with Gasteiger partial charge in [-0.3, -0.25) is 9.77 Å². The van der Waals surface area contributed by atoms with Gasteiger partial charge in [-0.2, -0.15) is 10.4 Å². The molecule has 5 heteroatoms. The number of H-pyrrole nitrogens is 1. The van der Waals surface area contributed by atoms with Crippen molar-refractivity contribution in [3.63, 3.8) is 0 Å². The number of hydrogen-bond donors (Lipinski definition) is 2. The molecule has 1 aromatic carbocycles. The maximum atomic E-state index is 9.00. The molecule has 0 bridgehead atoms. The summed E-state index contributed by atoms with van der Waals surface area (Å²) in [5.41, 5.74) is 6.18. The first-order valence-corrected chi connectivity index (χ1v) is 4.92. The highest BCUT2D eigenvalue weighted by Gasteiger charge is 2.15. The Morgan fingerprint density at radius 3 is 3.00 bits per heavy atom. The third kappa shape index (κ3) is 0.906. The molecule has 0 aliphatic carbocycles. The molecule has 0 amide bonds. The maximum Gasteiger partial charge on any atom is 0.188 e. The fraction of sp³-hybridized carbons (Fsp3) is 0.0909. The molecule has 0 aliphatic rings. The quantitative estimate of drug-likeness (QED) is 0.641. The van der Waals surface area contributed by atoms with Crippen LogP contribution in [0.3, 0.4) is 0 Å². The van der Waals surface area contributed by atoms with Crippen molar-refractivity contribution >= 4 is 21.9 Å². The van der Waals surface area contributed by atoms with Crippen LogP contribution in [0.1, 0.15) is 5.69 Å². The van der Waals surface area contributed by atoms with Crippen LogP contribution in [0.5, 0.6) is 0 Å². The number of para-hydroxylation sites is 1. The van der Waals surface area contributed by atoms with Crippen LogP contribution in [0.15, 0.2) is 24.3 Å². The first-order chi connectivity index (χ1) is 7.86. The number of fused-ring (bicyclic) bond motifs is 3. The van der Waals surface area contributed by atoms with Gasteiger partial charge >= 0.3 is 0 Å².